The Kier molecular flexibility index (Phi) is 4.96. The molecule has 0 aliphatic rings. The number of benzene rings is 1. The van der Waals surface area contributed by atoms with Crippen LogP contribution in [0.15, 0.2) is 18.2 Å². The highest BCUT2D eigenvalue weighted by molar-refractivity contribution is 7.85. The third-order valence-electron chi connectivity index (χ3n) is 2.11. The second kappa shape index (κ2) is 6.24. The van der Waals surface area contributed by atoms with Crippen LogP contribution in [0.1, 0.15) is 6.92 Å². The number of carbonyl (C=O) groups excluding carboxylic acids is 1. The van der Waals surface area contributed by atoms with Gasteiger partial charge in [-0.25, -0.2) is 0 Å². The molecule has 1 amide bonds. The molecule has 94 valence electrons. The summed E-state index contributed by atoms with van der Waals surface area (Å²) < 4.78 is 16.3. The first-order chi connectivity index (χ1) is 8.06. The van der Waals surface area contributed by atoms with E-state index in [-0.39, 0.29) is 11.7 Å². The van der Waals surface area contributed by atoms with Crippen molar-refractivity contribution >= 4 is 28.1 Å². The number of hydrogen-bond donors (Lipinski definition) is 2. The Hall–Kier alpha value is -1.56. The average molecular weight is 256 g/mol. The Balaban J connectivity index is 2.74. The van der Waals surface area contributed by atoms with Crippen LogP contribution >= 0.6 is 0 Å². The van der Waals surface area contributed by atoms with E-state index in [1.54, 1.807) is 25.1 Å². The highest BCUT2D eigenvalue weighted by atomic mass is 32.2. The molecule has 0 aromatic heterocycles. The van der Waals surface area contributed by atoms with E-state index >= 15 is 0 Å². The summed E-state index contributed by atoms with van der Waals surface area (Å²) in [7, 11) is 0.373. The van der Waals surface area contributed by atoms with Crippen LogP contribution in [-0.2, 0) is 15.6 Å². The standard InChI is InChI=1S/C11H16N2O3S/c1-3-17(15)7-11(14)13-9-5-4-8(12)6-10(9)16-2/h4-6H,3,7,12H2,1-2H3,(H,13,14). The van der Waals surface area contributed by atoms with Gasteiger partial charge in [0.2, 0.25) is 5.91 Å². The van der Waals surface area contributed by atoms with Gasteiger partial charge in [0, 0.05) is 28.3 Å². The SMILES string of the molecule is CCS(=O)CC(=O)Nc1ccc(N)cc1OC. The van der Waals surface area contributed by atoms with Gasteiger partial charge in [-0.15, -0.1) is 0 Å². The first-order valence-corrected chi connectivity index (χ1v) is 6.64. The van der Waals surface area contributed by atoms with E-state index in [4.69, 9.17) is 10.5 Å². The molecule has 6 heteroatoms. The quantitative estimate of drug-likeness (QED) is 0.770. The zero-order valence-electron chi connectivity index (χ0n) is 9.86. The number of carbonyl (C=O) groups is 1. The minimum absolute atomic E-state index is 0.00989. The monoisotopic (exact) mass is 256 g/mol. The van der Waals surface area contributed by atoms with Crippen LogP contribution in [0.3, 0.4) is 0 Å². The Morgan fingerprint density at radius 3 is 2.82 bits per heavy atom. The van der Waals surface area contributed by atoms with Crippen LogP contribution in [0.25, 0.3) is 0 Å². The summed E-state index contributed by atoms with van der Waals surface area (Å²) in [5, 5.41) is 2.64. The molecular weight excluding hydrogens is 240 g/mol. The molecule has 17 heavy (non-hydrogen) atoms. The summed E-state index contributed by atoms with van der Waals surface area (Å²) >= 11 is 0. The zero-order valence-corrected chi connectivity index (χ0v) is 10.7. The van der Waals surface area contributed by atoms with Crippen LogP contribution in [0.4, 0.5) is 11.4 Å². The predicted octanol–water partition coefficient (Wildman–Crippen LogP) is 0.984. The molecule has 0 saturated carbocycles. The molecule has 0 heterocycles. The van der Waals surface area contributed by atoms with Crippen molar-refractivity contribution in [3.63, 3.8) is 0 Å². The van der Waals surface area contributed by atoms with Gasteiger partial charge in [-0.2, -0.15) is 0 Å². The third kappa shape index (κ3) is 4.07. The smallest absolute Gasteiger partial charge is 0.237 e. The Morgan fingerprint density at radius 2 is 2.24 bits per heavy atom. The predicted molar refractivity (Wildman–Crippen MR) is 69.6 cm³/mol. The van der Waals surface area contributed by atoms with Gasteiger partial charge >= 0.3 is 0 Å². The summed E-state index contributed by atoms with van der Waals surface area (Å²) in [5.41, 5.74) is 6.68. The average Bonchev–Trinajstić information content (AvgIpc) is 2.31. The molecular formula is C11H16N2O3S. The highest BCUT2D eigenvalue weighted by Crippen LogP contribution is 2.26. The fourth-order valence-electron chi connectivity index (χ4n) is 1.25. The Labute approximate surface area is 103 Å². The molecule has 3 N–H and O–H groups in total. The normalized spacial score (nSPS) is 11.9. The first-order valence-electron chi connectivity index (χ1n) is 5.15. The number of nitrogens with two attached hydrogens (primary N) is 1. The van der Waals surface area contributed by atoms with E-state index < -0.39 is 10.8 Å². The molecule has 0 radical (unpaired) electrons. The topological polar surface area (TPSA) is 81.4 Å². The van der Waals surface area contributed by atoms with Crippen molar-refractivity contribution < 1.29 is 13.7 Å². The van der Waals surface area contributed by atoms with Crippen molar-refractivity contribution in [2.75, 3.05) is 29.7 Å². The lowest BCUT2D eigenvalue weighted by atomic mass is 10.2. The van der Waals surface area contributed by atoms with Gasteiger partial charge in [0.25, 0.3) is 0 Å². The van der Waals surface area contributed by atoms with Crippen LogP contribution in [0, 0.1) is 0 Å². The van der Waals surface area contributed by atoms with Crippen LogP contribution < -0.4 is 15.8 Å². The van der Waals surface area contributed by atoms with E-state index in [1.807, 2.05) is 0 Å². The summed E-state index contributed by atoms with van der Waals surface area (Å²) in [5.74, 6) is 0.643. The molecule has 1 unspecified atom stereocenters. The molecule has 0 bridgehead atoms. The molecule has 1 aromatic carbocycles. The Bertz CT molecular complexity index is 435. The van der Waals surface area contributed by atoms with E-state index in [2.05, 4.69) is 5.32 Å². The maximum Gasteiger partial charge on any atom is 0.237 e. The molecule has 0 fully saturated rings. The number of anilines is 2. The number of hydrogen-bond acceptors (Lipinski definition) is 4. The fraction of sp³-hybridized carbons (Fsp3) is 0.364. The lowest BCUT2D eigenvalue weighted by Crippen LogP contribution is -2.20. The van der Waals surface area contributed by atoms with Gasteiger partial charge in [-0.05, 0) is 12.1 Å². The number of nitrogens with one attached hydrogen (secondary N) is 1. The van der Waals surface area contributed by atoms with Crippen molar-refractivity contribution in [1.82, 2.24) is 0 Å². The number of amides is 1. The fourth-order valence-corrected chi connectivity index (χ4v) is 1.81. The van der Waals surface area contributed by atoms with Gasteiger partial charge < -0.3 is 15.8 Å². The minimum atomic E-state index is -1.12. The van der Waals surface area contributed by atoms with Gasteiger partial charge in [0.15, 0.2) is 0 Å². The molecule has 0 aliphatic carbocycles. The van der Waals surface area contributed by atoms with Gasteiger partial charge in [0.1, 0.15) is 11.5 Å². The van der Waals surface area contributed by atoms with Crippen molar-refractivity contribution in [2.24, 2.45) is 0 Å². The van der Waals surface area contributed by atoms with Crippen molar-refractivity contribution in [2.45, 2.75) is 6.92 Å². The lowest BCUT2D eigenvalue weighted by Gasteiger charge is -2.10. The summed E-state index contributed by atoms with van der Waals surface area (Å²) in [4.78, 5) is 11.5. The number of ether oxygens (including phenoxy) is 1. The van der Waals surface area contributed by atoms with E-state index in [1.165, 1.54) is 7.11 Å². The van der Waals surface area contributed by atoms with E-state index in [9.17, 15) is 9.00 Å². The highest BCUT2D eigenvalue weighted by Gasteiger charge is 2.10. The van der Waals surface area contributed by atoms with Crippen molar-refractivity contribution in [3.05, 3.63) is 18.2 Å². The Morgan fingerprint density at radius 1 is 1.53 bits per heavy atom. The molecule has 0 spiro atoms. The zero-order chi connectivity index (χ0) is 12.8. The van der Waals surface area contributed by atoms with E-state index in [0.717, 1.165) is 0 Å². The van der Waals surface area contributed by atoms with Crippen LogP contribution in [0.2, 0.25) is 0 Å². The first kappa shape index (κ1) is 13.5. The summed E-state index contributed by atoms with van der Waals surface area (Å²) in [6.45, 7) is 1.77. The largest absolute Gasteiger partial charge is 0.494 e. The van der Waals surface area contributed by atoms with Crippen molar-refractivity contribution in [1.29, 1.82) is 0 Å². The number of methoxy groups -OCH3 is 1. The minimum Gasteiger partial charge on any atom is -0.494 e. The van der Waals surface area contributed by atoms with Crippen LogP contribution in [0.5, 0.6) is 5.75 Å². The molecule has 1 atom stereocenters. The van der Waals surface area contributed by atoms with Gasteiger partial charge in [-0.3, -0.25) is 9.00 Å². The molecule has 0 aliphatic heterocycles. The maximum absolute atomic E-state index is 11.5. The molecule has 1 rings (SSSR count). The number of rotatable bonds is 5. The third-order valence-corrected chi connectivity index (χ3v) is 3.34. The van der Waals surface area contributed by atoms with Crippen molar-refractivity contribution in [3.8, 4) is 5.75 Å². The maximum atomic E-state index is 11.5. The van der Waals surface area contributed by atoms with Gasteiger partial charge in [-0.1, -0.05) is 6.92 Å². The second-order valence-electron chi connectivity index (χ2n) is 3.38. The van der Waals surface area contributed by atoms with E-state index in [0.29, 0.717) is 22.9 Å². The second-order valence-corrected chi connectivity index (χ2v) is 5.13. The van der Waals surface area contributed by atoms with Gasteiger partial charge in [0.05, 0.1) is 12.8 Å². The number of nitrogen functional groups attached to an aromatic ring is 1. The summed E-state index contributed by atoms with van der Waals surface area (Å²) in [6.07, 6.45) is 0. The molecule has 0 saturated heterocycles. The lowest BCUT2D eigenvalue weighted by molar-refractivity contribution is -0.113. The molecule has 1 aromatic rings. The summed E-state index contributed by atoms with van der Waals surface area (Å²) in [6, 6.07) is 4.93. The van der Waals surface area contributed by atoms with Crippen LogP contribution in [-0.4, -0.2) is 28.7 Å². The molecule has 5 nitrogen and oxygen atoms in total.